The number of hydrogen-bond acceptors (Lipinski definition) is 5. The van der Waals surface area contributed by atoms with Crippen LogP contribution in [0.3, 0.4) is 0 Å². The normalized spacial score (nSPS) is 15.5. The van der Waals surface area contributed by atoms with Crippen molar-refractivity contribution in [1.29, 1.82) is 0 Å². The van der Waals surface area contributed by atoms with Gasteiger partial charge < -0.3 is 10.1 Å². The highest BCUT2D eigenvalue weighted by Crippen LogP contribution is 2.32. The van der Waals surface area contributed by atoms with E-state index in [4.69, 9.17) is 4.74 Å². The molecule has 7 heteroatoms. The molecule has 0 spiro atoms. The van der Waals surface area contributed by atoms with Crippen LogP contribution < -0.4 is 5.32 Å². The molecular weight excluding hydrogens is 352 g/mol. The van der Waals surface area contributed by atoms with Gasteiger partial charge in [-0.05, 0) is 43.7 Å². The monoisotopic (exact) mass is 370 g/mol. The number of sulfonamides is 1. The van der Waals surface area contributed by atoms with Crippen molar-refractivity contribution in [3.05, 3.63) is 71.3 Å². The number of esters is 1. The summed E-state index contributed by atoms with van der Waals surface area (Å²) >= 11 is 0. The minimum absolute atomic E-state index is 0.198. The Morgan fingerprint density at radius 1 is 1.08 bits per heavy atom. The van der Waals surface area contributed by atoms with Crippen LogP contribution in [0.2, 0.25) is 0 Å². The van der Waals surface area contributed by atoms with Gasteiger partial charge in [0.05, 0.1) is 12.2 Å². The van der Waals surface area contributed by atoms with Gasteiger partial charge in [-0.2, -0.15) is 8.42 Å². The van der Waals surface area contributed by atoms with Crippen molar-refractivity contribution in [3.63, 3.8) is 0 Å². The molecule has 1 aliphatic heterocycles. The maximum Gasteiger partial charge on any atom is 0.338 e. The van der Waals surface area contributed by atoms with E-state index in [2.05, 4.69) is 9.71 Å². The molecule has 1 heterocycles. The number of carbonyl (C=O) groups is 1. The summed E-state index contributed by atoms with van der Waals surface area (Å²) in [5, 5.41) is 3.00. The zero-order valence-electron chi connectivity index (χ0n) is 14.4. The smallest absolute Gasteiger partial charge is 0.338 e. The summed E-state index contributed by atoms with van der Waals surface area (Å²) in [4.78, 5) is 11.9. The Bertz CT molecular complexity index is 992. The molecule has 0 atom stereocenters. The van der Waals surface area contributed by atoms with E-state index in [0.717, 1.165) is 0 Å². The number of carbonyl (C=O) groups excluding carboxylic acids is 1. The van der Waals surface area contributed by atoms with Crippen LogP contribution in [0.25, 0.3) is 4.91 Å². The third kappa shape index (κ3) is 3.52. The van der Waals surface area contributed by atoms with Crippen LogP contribution >= 0.6 is 0 Å². The van der Waals surface area contributed by atoms with Gasteiger partial charge >= 0.3 is 5.97 Å². The van der Waals surface area contributed by atoms with E-state index >= 15 is 0 Å². The molecule has 1 N–H and O–H groups in total. The predicted molar refractivity (Wildman–Crippen MR) is 101 cm³/mol. The molecule has 134 valence electrons. The molecule has 0 aliphatic carbocycles. The number of hydrogen-bond donors (Lipinski definition) is 1. The molecule has 0 radical (unpaired) electrons. The molecule has 0 fully saturated rings. The van der Waals surface area contributed by atoms with Gasteiger partial charge in [0, 0.05) is 11.3 Å². The lowest BCUT2D eigenvalue weighted by atomic mass is 10.1. The maximum atomic E-state index is 12.4. The summed E-state index contributed by atoms with van der Waals surface area (Å²) in [6, 6.07) is 15.4. The quantitative estimate of drug-likeness (QED) is 0.833. The first-order chi connectivity index (χ1) is 12.4. The Morgan fingerprint density at radius 3 is 2.35 bits per heavy atom. The molecule has 0 saturated heterocycles. The average Bonchev–Trinajstić information content (AvgIpc) is 2.85. The van der Waals surface area contributed by atoms with Crippen molar-refractivity contribution in [3.8, 4) is 0 Å². The van der Waals surface area contributed by atoms with Gasteiger partial charge in [0.15, 0.2) is 0 Å². The lowest BCUT2D eigenvalue weighted by Crippen LogP contribution is -2.12. The zero-order chi connectivity index (χ0) is 18.7. The van der Waals surface area contributed by atoms with Gasteiger partial charge in [-0.1, -0.05) is 30.3 Å². The number of benzene rings is 2. The highest BCUT2D eigenvalue weighted by Gasteiger charge is 2.30. The van der Waals surface area contributed by atoms with Gasteiger partial charge in [0.25, 0.3) is 10.0 Å². The van der Waals surface area contributed by atoms with Gasteiger partial charge in [0.1, 0.15) is 10.7 Å². The maximum absolute atomic E-state index is 12.4. The minimum Gasteiger partial charge on any atom is -0.462 e. The number of rotatable bonds is 4. The molecule has 0 unspecified atom stereocenters. The van der Waals surface area contributed by atoms with E-state index < -0.39 is 16.0 Å². The van der Waals surface area contributed by atoms with Crippen LogP contribution in [0.1, 0.15) is 29.8 Å². The van der Waals surface area contributed by atoms with Crippen molar-refractivity contribution in [2.45, 2.75) is 13.8 Å². The first kappa shape index (κ1) is 17.9. The van der Waals surface area contributed by atoms with Crippen molar-refractivity contribution in [2.75, 3.05) is 11.9 Å². The van der Waals surface area contributed by atoms with E-state index in [1.54, 1.807) is 62.4 Å². The number of nitrogens with zero attached hydrogens (tertiary/aromatic N) is 1. The van der Waals surface area contributed by atoms with Crippen LogP contribution in [-0.2, 0) is 14.8 Å². The van der Waals surface area contributed by atoms with Gasteiger partial charge in [-0.15, -0.1) is 4.40 Å². The van der Waals surface area contributed by atoms with Crippen LogP contribution in [-0.4, -0.2) is 26.8 Å². The third-order valence-corrected chi connectivity index (χ3v) is 5.34. The van der Waals surface area contributed by atoms with Gasteiger partial charge in [0.2, 0.25) is 0 Å². The van der Waals surface area contributed by atoms with Crippen LogP contribution in [0.4, 0.5) is 5.69 Å². The highest BCUT2D eigenvalue weighted by atomic mass is 32.2. The molecule has 0 aromatic heterocycles. The standard InChI is InChI=1S/C19H18N2O4S/c1-3-25-19(22)15-9-11-16(12-10-15)20-18-13(2)17(26(23,24)21-18)14-7-5-4-6-8-14/h4-12H,3H2,1-2H3,(H,20,21). The molecule has 6 nitrogen and oxygen atoms in total. The number of ether oxygens (including phenoxy) is 1. The molecule has 2 aromatic rings. The molecule has 0 amide bonds. The Hall–Kier alpha value is -2.93. The molecule has 0 bridgehead atoms. The Morgan fingerprint density at radius 2 is 1.73 bits per heavy atom. The van der Waals surface area contributed by atoms with Crippen molar-refractivity contribution in [1.82, 2.24) is 0 Å². The van der Waals surface area contributed by atoms with Crippen molar-refractivity contribution in [2.24, 2.45) is 4.40 Å². The molecule has 2 aromatic carbocycles. The third-order valence-electron chi connectivity index (χ3n) is 3.86. The van der Waals surface area contributed by atoms with Gasteiger partial charge in [-0.3, -0.25) is 0 Å². The average molecular weight is 370 g/mol. The topological polar surface area (TPSA) is 84.8 Å². The Balaban J connectivity index is 1.87. The summed E-state index contributed by atoms with van der Waals surface area (Å²) in [6.45, 7) is 3.76. The lowest BCUT2D eigenvalue weighted by Gasteiger charge is -2.08. The fourth-order valence-corrected chi connectivity index (χ4v) is 4.08. The molecule has 0 saturated carbocycles. The molecular formula is C19H18N2O4S. The summed E-state index contributed by atoms with van der Waals surface area (Å²) in [5.41, 5.74) is 2.20. The molecule has 3 rings (SSSR count). The summed E-state index contributed by atoms with van der Waals surface area (Å²) in [5.74, 6) is -0.130. The van der Waals surface area contributed by atoms with Crippen LogP contribution in [0.5, 0.6) is 0 Å². The Kier molecular flexibility index (Phi) is 4.90. The zero-order valence-corrected chi connectivity index (χ0v) is 15.2. The lowest BCUT2D eigenvalue weighted by molar-refractivity contribution is 0.0526. The van der Waals surface area contributed by atoms with E-state index in [1.165, 1.54) is 0 Å². The summed E-state index contributed by atoms with van der Waals surface area (Å²) in [7, 11) is -3.76. The predicted octanol–water partition coefficient (Wildman–Crippen LogP) is 3.45. The molecule has 1 aliphatic rings. The van der Waals surface area contributed by atoms with Crippen molar-refractivity contribution >= 4 is 32.4 Å². The largest absolute Gasteiger partial charge is 0.462 e. The van der Waals surface area contributed by atoms with E-state index in [0.29, 0.717) is 29.0 Å². The Labute approximate surface area is 152 Å². The van der Waals surface area contributed by atoms with E-state index in [1.807, 2.05) is 6.07 Å². The van der Waals surface area contributed by atoms with Gasteiger partial charge in [-0.25, -0.2) is 4.79 Å². The molecule has 26 heavy (non-hydrogen) atoms. The van der Waals surface area contributed by atoms with Crippen LogP contribution in [0, 0.1) is 0 Å². The second kappa shape index (κ2) is 7.13. The van der Waals surface area contributed by atoms with Crippen molar-refractivity contribution < 1.29 is 17.9 Å². The minimum atomic E-state index is -3.76. The van der Waals surface area contributed by atoms with Crippen LogP contribution in [0.15, 0.2) is 64.6 Å². The first-order valence-corrected chi connectivity index (χ1v) is 9.52. The first-order valence-electron chi connectivity index (χ1n) is 8.08. The SMILES string of the molecule is CCOC(=O)c1ccc(NC2=NS(=O)(=O)C(c3ccccc3)=C2C)cc1. The van der Waals surface area contributed by atoms with E-state index in [-0.39, 0.29) is 10.7 Å². The second-order valence-corrected chi connectivity index (χ2v) is 7.20. The van der Waals surface area contributed by atoms with E-state index in [9.17, 15) is 13.2 Å². The highest BCUT2D eigenvalue weighted by molar-refractivity contribution is 8.00. The second-order valence-electron chi connectivity index (χ2n) is 5.66. The number of anilines is 1. The fraction of sp³-hybridized carbons (Fsp3) is 0.158. The summed E-state index contributed by atoms with van der Waals surface area (Å²) in [6.07, 6.45) is 0. The number of nitrogens with one attached hydrogen (secondary N) is 1. The summed E-state index contributed by atoms with van der Waals surface area (Å²) < 4.78 is 33.7. The number of amidine groups is 1. The fourth-order valence-electron chi connectivity index (χ4n) is 2.65.